The molecule has 0 aliphatic rings. The second-order valence-electron chi connectivity index (χ2n) is 8.08. The number of carbonyl (C=O) groups excluding carboxylic acids is 1. The molecule has 0 unspecified atom stereocenters. The van der Waals surface area contributed by atoms with Crippen LogP contribution in [0.5, 0.6) is 5.75 Å². The molecule has 0 atom stereocenters. The molecule has 0 saturated carbocycles. The van der Waals surface area contributed by atoms with Gasteiger partial charge in [-0.3, -0.25) is 9.78 Å². The summed E-state index contributed by atoms with van der Waals surface area (Å²) in [6, 6.07) is 18.6. The van der Waals surface area contributed by atoms with Crippen molar-refractivity contribution in [3.05, 3.63) is 84.1 Å². The maximum atomic E-state index is 13.5. The van der Waals surface area contributed by atoms with Crippen molar-refractivity contribution in [2.24, 2.45) is 0 Å². The van der Waals surface area contributed by atoms with Gasteiger partial charge in [0.25, 0.3) is 5.91 Å². The lowest BCUT2D eigenvalue weighted by molar-refractivity contribution is 0.0827. The third kappa shape index (κ3) is 4.45. The maximum Gasteiger partial charge on any atom is 0.253 e. The average molecular weight is 476 g/mol. The Morgan fingerprint density at radius 2 is 1.74 bits per heavy atom. The van der Waals surface area contributed by atoms with Crippen LogP contribution in [0, 0.1) is 6.92 Å². The Hall–Kier alpha value is -3.91. The quantitative estimate of drug-likeness (QED) is 0.430. The Kier molecular flexibility index (Phi) is 6.26. The zero-order chi connectivity index (χ0) is 24.5. The average Bonchev–Trinajstić information content (AvgIpc) is 2.84. The first-order chi connectivity index (χ1) is 16.2. The number of ether oxygens (including phenoxy) is 1. The Balaban J connectivity index is 1.82. The van der Waals surface area contributed by atoms with E-state index < -0.39 is 9.84 Å². The maximum absolute atomic E-state index is 13.5. The topological polar surface area (TPSA) is 88.6 Å². The van der Waals surface area contributed by atoms with Gasteiger partial charge in [-0.1, -0.05) is 12.1 Å². The van der Waals surface area contributed by atoms with Crippen LogP contribution < -0.4 is 10.1 Å². The van der Waals surface area contributed by atoms with E-state index in [1.54, 1.807) is 57.7 Å². The lowest BCUT2D eigenvalue weighted by Crippen LogP contribution is -2.21. The van der Waals surface area contributed by atoms with Gasteiger partial charge in [0.15, 0.2) is 0 Å². The Morgan fingerprint density at radius 1 is 0.971 bits per heavy atom. The van der Waals surface area contributed by atoms with Gasteiger partial charge in [-0.15, -0.1) is 0 Å². The number of sulfone groups is 1. The summed E-state index contributed by atoms with van der Waals surface area (Å²) >= 11 is 0. The normalized spacial score (nSPS) is 11.3. The fourth-order valence-electron chi connectivity index (χ4n) is 3.71. The van der Waals surface area contributed by atoms with E-state index in [1.807, 2.05) is 31.2 Å². The first-order valence-corrected chi connectivity index (χ1v) is 12.1. The Labute approximate surface area is 198 Å². The van der Waals surface area contributed by atoms with Gasteiger partial charge in [-0.05, 0) is 61.0 Å². The van der Waals surface area contributed by atoms with E-state index in [0.29, 0.717) is 22.2 Å². The Morgan fingerprint density at radius 3 is 2.47 bits per heavy atom. The van der Waals surface area contributed by atoms with E-state index in [1.165, 1.54) is 17.0 Å². The zero-order valence-electron chi connectivity index (χ0n) is 19.4. The number of aromatic nitrogens is 1. The molecular formula is C26H25N3O4S. The number of amides is 1. The molecule has 1 heterocycles. The molecule has 7 nitrogen and oxygen atoms in total. The molecule has 1 aromatic heterocycles. The highest BCUT2D eigenvalue weighted by Crippen LogP contribution is 2.32. The lowest BCUT2D eigenvalue weighted by atomic mass is 10.1. The van der Waals surface area contributed by atoms with E-state index in [-0.39, 0.29) is 15.7 Å². The van der Waals surface area contributed by atoms with E-state index in [9.17, 15) is 13.2 Å². The number of carbonyl (C=O) groups is 1. The van der Waals surface area contributed by atoms with Crippen LogP contribution >= 0.6 is 0 Å². The van der Waals surface area contributed by atoms with Crippen LogP contribution in [-0.2, 0) is 9.84 Å². The molecule has 1 amide bonds. The molecule has 3 aromatic carbocycles. The Bertz CT molecular complexity index is 1500. The standard InChI is InChI=1S/C26H25N3O4S/c1-17-13-22(34(31,32)21-10-5-7-18(14-21)26(30)29(2)3)16-23-24(11-12-27-25(17)23)28-19-8-6-9-20(15-19)33-4/h5-16H,1-4H3,(H,27,28). The van der Waals surface area contributed by atoms with Crippen molar-refractivity contribution in [3.8, 4) is 5.75 Å². The van der Waals surface area contributed by atoms with Crippen molar-refractivity contribution in [2.75, 3.05) is 26.5 Å². The smallest absolute Gasteiger partial charge is 0.253 e. The van der Waals surface area contributed by atoms with Crippen LogP contribution in [0.15, 0.2) is 82.7 Å². The number of hydrogen-bond donors (Lipinski definition) is 1. The van der Waals surface area contributed by atoms with Gasteiger partial charge in [-0.2, -0.15) is 0 Å². The van der Waals surface area contributed by atoms with Crippen LogP contribution in [0.2, 0.25) is 0 Å². The summed E-state index contributed by atoms with van der Waals surface area (Å²) in [5.74, 6) is 0.440. The van der Waals surface area contributed by atoms with Crippen molar-refractivity contribution in [2.45, 2.75) is 16.7 Å². The molecule has 4 rings (SSSR count). The van der Waals surface area contributed by atoms with Crippen LogP contribution in [0.4, 0.5) is 11.4 Å². The number of benzene rings is 3. The van der Waals surface area contributed by atoms with Crippen molar-refractivity contribution < 1.29 is 17.9 Å². The van der Waals surface area contributed by atoms with Gasteiger partial charge in [-0.25, -0.2) is 8.42 Å². The number of pyridine rings is 1. The van der Waals surface area contributed by atoms with Crippen molar-refractivity contribution >= 4 is 38.0 Å². The fraction of sp³-hybridized carbons (Fsp3) is 0.154. The van der Waals surface area contributed by atoms with Gasteiger partial charge in [0.05, 0.1) is 22.4 Å². The number of methoxy groups -OCH3 is 1. The second-order valence-corrected chi connectivity index (χ2v) is 10.0. The van der Waals surface area contributed by atoms with Gasteiger partial charge in [0.2, 0.25) is 9.84 Å². The first kappa shape index (κ1) is 23.3. The monoisotopic (exact) mass is 475 g/mol. The number of hydrogen-bond acceptors (Lipinski definition) is 6. The predicted molar refractivity (Wildman–Crippen MR) is 133 cm³/mol. The molecular weight excluding hydrogens is 450 g/mol. The molecule has 0 spiro atoms. The van der Waals surface area contributed by atoms with Gasteiger partial charge in [0.1, 0.15) is 5.75 Å². The number of nitrogens with one attached hydrogen (secondary N) is 1. The van der Waals surface area contributed by atoms with Crippen LogP contribution in [0.3, 0.4) is 0 Å². The SMILES string of the molecule is COc1cccc(Nc2ccnc3c(C)cc(S(=O)(=O)c4cccc(C(=O)N(C)C)c4)cc23)c1. The van der Waals surface area contributed by atoms with Crippen LogP contribution in [0.1, 0.15) is 15.9 Å². The molecule has 0 aliphatic carbocycles. The molecule has 0 fully saturated rings. The molecule has 8 heteroatoms. The highest BCUT2D eigenvalue weighted by atomic mass is 32.2. The molecule has 174 valence electrons. The predicted octanol–water partition coefficient (Wildman–Crippen LogP) is 4.83. The van der Waals surface area contributed by atoms with E-state index >= 15 is 0 Å². The van der Waals surface area contributed by atoms with Gasteiger partial charge < -0.3 is 15.0 Å². The number of rotatable bonds is 6. The molecule has 0 aliphatic heterocycles. The third-order valence-electron chi connectivity index (χ3n) is 5.47. The molecule has 1 N–H and O–H groups in total. The zero-order valence-corrected chi connectivity index (χ0v) is 20.2. The van der Waals surface area contributed by atoms with Crippen molar-refractivity contribution in [1.29, 1.82) is 0 Å². The molecule has 0 bridgehead atoms. The minimum Gasteiger partial charge on any atom is -0.497 e. The molecule has 34 heavy (non-hydrogen) atoms. The number of aryl methyl sites for hydroxylation is 1. The van der Waals surface area contributed by atoms with Crippen molar-refractivity contribution in [1.82, 2.24) is 9.88 Å². The van der Waals surface area contributed by atoms with Crippen LogP contribution in [0.25, 0.3) is 10.9 Å². The minimum absolute atomic E-state index is 0.0603. The highest BCUT2D eigenvalue weighted by molar-refractivity contribution is 7.91. The van der Waals surface area contributed by atoms with E-state index in [0.717, 1.165) is 16.9 Å². The second kappa shape index (κ2) is 9.15. The summed E-state index contributed by atoms with van der Waals surface area (Å²) in [6.07, 6.45) is 1.68. The summed E-state index contributed by atoms with van der Waals surface area (Å²) in [5, 5.41) is 4.01. The summed E-state index contributed by atoms with van der Waals surface area (Å²) in [4.78, 5) is 18.4. The number of anilines is 2. The summed E-state index contributed by atoms with van der Waals surface area (Å²) < 4.78 is 32.4. The number of fused-ring (bicyclic) bond motifs is 1. The fourth-order valence-corrected chi connectivity index (χ4v) is 5.13. The van der Waals surface area contributed by atoms with Crippen molar-refractivity contribution in [3.63, 3.8) is 0 Å². The summed E-state index contributed by atoms with van der Waals surface area (Å²) in [5.41, 5.74) is 3.25. The van der Waals surface area contributed by atoms with E-state index in [4.69, 9.17) is 4.74 Å². The molecule has 0 saturated heterocycles. The number of nitrogens with zero attached hydrogens (tertiary/aromatic N) is 2. The third-order valence-corrected chi connectivity index (χ3v) is 7.20. The minimum atomic E-state index is -3.88. The molecule has 0 radical (unpaired) electrons. The van der Waals surface area contributed by atoms with Gasteiger partial charge in [0, 0.05) is 48.7 Å². The summed E-state index contributed by atoms with van der Waals surface area (Å²) in [7, 11) is 0.969. The largest absolute Gasteiger partial charge is 0.497 e. The lowest BCUT2D eigenvalue weighted by Gasteiger charge is -2.14. The first-order valence-electron chi connectivity index (χ1n) is 10.6. The van der Waals surface area contributed by atoms with Gasteiger partial charge >= 0.3 is 0 Å². The van der Waals surface area contributed by atoms with E-state index in [2.05, 4.69) is 10.3 Å². The van der Waals surface area contributed by atoms with Crippen LogP contribution in [-0.4, -0.2) is 45.4 Å². The molecule has 4 aromatic rings. The summed E-state index contributed by atoms with van der Waals surface area (Å²) in [6.45, 7) is 1.83. The highest BCUT2D eigenvalue weighted by Gasteiger charge is 2.22.